The molecule has 2 fully saturated rings. The van der Waals surface area contributed by atoms with Gasteiger partial charge in [-0.3, -0.25) is 9.89 Å². The number of rotatable bonds is 1. The van der Waals surface area contributed by atoms with Crippen molar-refractivity contribution in [2.45, 2.75) is 0 Å². The highest BCUT2D eigenvalue weighted by atomic mass is 35.5. The monoisotopic (exact) mass is 329 g/mol. The molecule has 0 aliphatic carbocycles. The van der Waals surface area contributed by atoms with E-state index in [1.54, 1.807) is 0 Å². The van der Waals surface area contributed by atoms with Crippen LogP contribution in [0.2, 0.25) is 0 Å². The van der Waals surface area contributed by atoms with E-state index in [1.807, 2.05) is 23.1 Å². The molecule has 2 aliphatic rings. The van der Waals surface area contributed by atoms with Crippen molar-refractivity contribution in [1.29, 1.82) is 0 Å². The Morgan fingerprint density at radius 3 is 2.62 bits per heavy atom. The quantitative estimate of drug-likeness (QED) is 0.821. The molecule has 0 unspecified atom stereocenters. The number of amides is 1. The average molecular weight is 330 g/mol. The molecule has 21 heavy (non-hydrogen) atoms. The van der Waals surface area contributed by atoms with Gasteiger partial charge >= 0.3 is 0 Å². The van der Waals surface area contributed by atoms with Crippen LogP contribution >= 0.6 is 24.8 Å². The van der Waals surface area contributed by atoms with Crippen molar-refractivity contribution < 1.29 is 4.79 Å². The van der Waals surface area contributed by atoms with Gasteiger partial charge in [-0.15, -0.1) is 29.9 Å². The predicted octanol–water partition coefficient (Wildman–Crippen LogP) is 1.09. The van der Waals surface area contributed by atoms with Crippen molar-refractivity contribution in [3.63, 3.8) is 0 Å². The molecule has 2 atom stereocenters. The summed E-state index contributed by atoms with van der Waals surface area (Å²) in [7, 11) is 0. The lowest BCUT2D eigenvalue weighted by molar-refractivity contribution is 0.0782. The van der Waals surface area contributed by atoms with Crippen LogP contribution in [0, 0.1) is 11.8 Å². The van der Waals surface area contributed by atoms with Crippen LogP contribution in [0.3, 0.4) is 0 Å². The van der Waals surface area contributed by atoms with Gasteiger partial charge in [0.05, 0.1) is 5.52 Å². The fourth-order valence-corrected chi connectivity index (χ4v) is 3.18. The number of nitrogens with zero attached hydrogens (tertiary/aromatic N) is 3. The molecule has 1 amide bonds. The standard InChI is InChI=1S/C13H15N5O.2ClH/c19-13(18-6-9-4-14-5-10(9)7-18)8-1-2-11-12(3-8)16-17-15-11;;/h1-3,9-10,14H,4-7H2,(H,15,16,17);2*1H/t9-,10-;;/m1../s1. The molecule has 2 aliphatic heterocycles. The van der Waals surface area contributed by atoms with E-state index in [1.165, 1.54) is 0 Å². The molecule has 2 saturated heterocycles. The van der Waals surface area contributed by atoms with Crippen molar-refractivity contribution in [3.8, 4) is 0 Å². The van der Waals surface area contributed by atoms with Gasteiger partial charge < -0.3 is 10.2 Å². The molecule has 2 N–H and O–H groups in total. The lowest BCUT2D eigenvalue weighted by atomic mass is 10.0. The Kier molecular flexibility index (Phi) is 4.70. The zero-order valence-electron chi connectivity index (χ0n) is 11.3. The number of benzene rings is 1. The molecule has 0 saturated carbocycles. The molecule has 0 bridgehead atoms. The third-order valence-electron chi connectivity index (χ3n) is 4.25. The minimum atomic E-state index is 0. The molecular weight excluding hydrogens is 313 g/mol. The summed E-state index contributed by atoms with van der Waals surface area (Å²) in [6.45, 7) is 3.81. The molecule has 2 aromatic rings. The van der Waals surface area contributed by atoms with E-state index in [2.05, 4.69) is 20.7 Å². The Morgan fingerprint density at radius 2 is 1.90 bits per heavy atom. The van der Waals surface area contributed by atoms with E-state index >= 15 is 0 Å². The van der Waals surface area contributed by atoms with Crippen molar-refractivity contribution in [1.82, 2.24) is 25.6 Å². The Bertz CT molecular complexity index is 634. The first-order chi connectivity index (χ1) is 9.31. The zero-order valence-corrected chi connectivity index (χ0v) is 12.9. The van der Waals surface area contributed by atoms with Gasteiger partial charge in [0.15, 0.2) is 0 Å². The van der Waals surface area contributed by atoms with Crippen molar-refractivity contribution in [3.05, 3.63) is 23.8 Å². The van der Waals surface area contributed by atoms with E-state index in [9.17, 15) is 4.79 Å². The van der Waals surface area contributed by atoms with E-state index < -0.39 is 0 Å². The highest BCUT2D eigenvalue weighted by Gasteiger charge is 2.38. The first-order valence-corrected chi connectivity index (χ1v) is 6.62. The first-order valence-electron chi connectivity index (χ1n) is 6.62. The van der Waals surface area contributed by atoms with Crippen molar-refractivity contribution in [2.24, 2.45) is 11.8 Å². The molecule has 4 rings (SSSR count). The Balaban J connectivity index is 0.000000807. The Labute approximate surface area is 134 Å². The normalized spacial score (nSPS) is 23.5. The van der Waals surface area contributed by atoms with Gasteiger partial charge in [-0.2, -0.15) is 0 Å². The Morgan fingerprint density at radius 1 is 1.19 bits per heavy atom. The average Bonchev–Trinajstić information content (AvgIpc) is 3.11. The maximum atomic E-state index is 12.5. The number of aromatic nitrogens is 3. The second kappa shape index (κ2) is 6.17. The van der Waals surface area contributed by atoms with Gasteiger partial charge in [-0.05, 0) is 30.0 Å². The van der Waals surface area contributed by atoms with E-state index in [4.69, 9.17) is 0 Å². The summed E-state index contributed by atoms with van der Waals surface area (Å²) in [6, 6.07) is 5.52. The minimum Gasteiger partial charge on any atom is -0.338 e. The van der Waals surface area contributed by atoms with Crippen LogP contribution in [-0.2, 0) is 0 Å². The molecule has 8 heteroatoms. The number of fused-ring (bicyclic) bond motifs is 2. The summed E-state index contributed by atoms with van der Waals surface area (Å²) in [5, 5.41) is 13.9. The highest BCUT2D eigenvalue weighted by molar-refractivity contribution is 5.97. The van der Waals surface area contributed by atoms with Gasteiger partial charge in [0.25, 0.3) is 5.91 Å². The van der Waals surface area contributed by atoms with Gasteiger partial charge in [-0.1, -0.05) is 5.21 Å². The fraction of sp³-hybridized carbons (Fsp3) is 0.462. The summed E-state index contributed by atoms with van der Waals surface area (Å²) in [6.07, 6.45) is 0. The number of nitrogens with one attached hydrogen (secondary N) is 2. The van der Waals surface area contributed by atoms with Crippen molar-refractivity contribution in [2.75, 3.05) is 26.2 Å². The zero-order chi connectivity index (χ0) is 12.8. The summed E-state index contributed by atoms with van der Waals surface area (Å²) in [5.74, 6) is 1.36. The molecule has 1 aromatic heterocycles. The summed E-state index contributed by atoms with van der Waals surface area (Å²) in [4.78, 5) is 14.5. The Hall–Kier alpha value is -1.37. The molecule has 6 nitrogen and oxygen atoms in total. The summed E-state index contributed by atoms with van der Waals surface area (Å²) >= 11 is 0. The molecule has 1 aromatic carbocycles. The topological polar surface area (TPSA) is 73.9 Å². The minimum absolute atomic E-state index is 0. The maximum absolute atomic E-state index is 12.5. The van der Waals surface area contributed by atoms with E-state index in [-0.39, 0.29) is 30.7 Å². The number of halogens is 2. The second-order valence-electron chi connectivity index (χ2n) is 5.43. The largest absolute Gasteiger partial charge is 0.338 e. The number of H-pyrrole nitrogens is 1. The second-order valence-corrected chi connectivity index (χ2v) is 5.43. The number of carbonyl (C=O) groups is 1. The smallest absolute Gasteiger partial charge is 0.253 e. The predicted molar refractivity (Wildman–Crippen MR) is 84.1 cm³/mol. The van der Waals surface area contributed by atoms with E-state index in [0.29, 0.717) is 17.4 Å². The van der Waals surface area contributed by atoms with Crippen LogP contribution in [0.4, 0.5) is 0 Å². The lowest BCUT2D eigenvalue weighted by Gasteiger charge is -2.17. The van der Waals surface area contributed by atoms with Crippen LogP contribution < -0.4 is 5.32 Å². The SMILES string of the molecule is Cl.Cl.O=C(c1ccc2[nH]nnc2c1)N1C[C@H]2CNC[C@@H]2C1. The molecular formula is C13H17Cl2N5O. The van der Waals surface area contributed by atoms with Gasteiger partial charge in [0.2, 0.25) is 0 Å². The maximum Gasteiger partial charge on any atom is 0.253 e. The van der Waals surface area contributed by atoms with Crippen LogP contribution in [-0.4, -0.2) is 52.4 Å². The van der Waals surface area contributed by atoms with Crippen LogP contribution in [0.15, 0.2) is 18.2 Å². The van der Waals surface area contributed by atoms with Crippen LogP contribution in [0.5, 0.6) is 0 Å². The van der Waals surface area contributed by atoms with Gasteiger partial charge in [0, 0.05) is 31.7 Å². The van der Waals surface area contributed by atoms with E-state index in [0.717, 1.165) is 37.2 Å². The number of carbonyl (C=O) groups excluding carboxylic acids is 1. The fourth-order valence-electron chi connectivity index (χ4n) is 3.18. The molecule has 3 heterocycles. The lowest BCUT2D eigenvalue weighted by Crippen LogP contribution is -2.31. The number of hydrogen-bond donors (Lipinski definition) is 2. The number of hydrogen-bond acceptors (Lipinski definition) is 4. The summed E-state index contributed by atoms with van der Waals surface area (Å²) in [5.41, 5.74) is 2.31. The number of likely N-dealkylation sites (tertiary alicyclic amines) is 1. The van der Waals surface area contributed by atoms with Gasteiger partial charge in [0.1, 0.15) is 5.52 Å². The third kappa shape index (κ3) is 2.71. The third-order valence-corrected chi connectivity index (χ3v) is 4.25. The number of aromatic amines is 1. The van der Waals surface area contributed by atoms with Gasteiger partial charge in [-0.25, -0.2) is 0 Å². The first kappa shape index (κ1) is 16.0. The molecule has 114 valence electrons. The highest BCUT2D eigenvalue weighted by Crippen LogP contribution is 2.27. The van der Waals surface area contributed by atoms with Crippen molar-refractivity contribution >= 4 is 41.8 Å². The van der Waals surface area contributed by atoms with Crippen LogP contribution in [0.25, 0.3) is 11.0 Å². The van der Waals surface area contributed by atoms with Crippen LogP contribution in [0.1, 0.15) is 10.4 Å². The molecule has 0 spiro atoms. The molecule has 0 radical (unpaired) electrons. The summed E-state index contributed by atoms with van der Waals surface area (Å²) < 4.78 is 0.